The van der Waals surface area contributed by atoms with Crippen LogP contribution in [0.4, 0.5) is 0 Å². The first-order chi connectivity index (χ1) is 11.5. The summed E-state index contributed by atoms with van der Waals surface area (Å²) in [5.74, 6) is 0.572. The number of ether oxygens (including phenoxy) is 1. The van der Waals surface area contributed by atoms with Gasteiger partial charge in [0.05, 0.1) is 11.5 Å². The molecule has 1 rings (SSSR count). The van der Waals surface area contributed by atoms with E-state index < -0.39 is 16.4 Å². The van der Waals surface area contributed by atoms with Gasteiger partial charge in [0.2, 0.25) is 6.54 Å². The number of nitro groups is 2. The fraction of sp³-hybridized carbons (Fsp3) is 0.250. The maximum atomic E-state index is 10.9. The van der Waals surface area contributed by atoms with E-state index >= 15 is 0 Å². The van der Waals surface area contributed by atoms with E-state index in [1.54, 1.807) is 24.3 Å². The molecule has 0 spiro atoms. The Hall–Kier alpha value is -3.00. The van der Waals surface area contributed by atoms with Crippen LogP contribution in [0, 0.1) is 20.2 Å². The standard InChI is InChI=1S/C16H18N2O6/c1-2-15(18(22)23)12-14(8-9-17(20)21)13-4-6-16(7-5-13)24-11-3-10-19/h2,4-8,12,19H,1,3,9-11H2/b14-8+,15-12+. The predicted octanol–water partition coefficient (Wildman–Crippen LogP) is 2.45. The van der Waals surface area contributed by atoms with Crippen LogP contribution in [-0.4, -0.2) is 34.7 Å². The van der Waals surface area contributed by atoms with Crippen LogP contribution in [0.3, 0.4) is 0 Å². The average Bonchev–Trinajstić information content (AvgIpc) is 2.55. The van der Waals surface area contributed by atoms with Crippen molar-refractivity contribution in [2.75, 3.05) is 19.8 Å². The second kappa shape index (κ2) is 9.90. The molecule has 0 aromatic heterocycles. The highest BCUT2D eigenvalue weighted by Gasteiger charge is 2.09. The molecule has 0 unspecified atom stereocenters. The van der Waals surface area contributed by atoms with E-state index in [0.29, 0.717) is 29.9 Å². The van der Waals surface area contributed by atoms with Crippen molar-refractivity contribution in [2.24, 2.45) is 0 Å². The van der Waals surface area contributed by atoms with Crippen LogP contribution in [0.25, 0.3) is 5.57 Å². The largest absolute Gasteiger partial charge is 0.494 e. The number of rotatable bonds is 10. The van der Waals surface area contributed by atoms with Crippen LogP contribution in [0.5, 0.6) is 5.75 Å². The first-order valence-corrected chi connectivity index (χ1v) is 7.12. The number of aliphatic hydroxyl groups excluding tert-OH is 1. The van der Waals surface area contributed by atoms with Gasteiger partial charge >= 0.3 is 0 Å². The third-order valence-electron chi connectivity index (χ3n) is 2.94. The summed E-state index contributed by atoms with van der Waals surface area (Å²) in [7, 11) is 0. The molecule has 0 aliphatic heterocycles. The molecule has 0 saturated carbocycles. The minimum atomic E-state index is -0.612. The molecular weight excluding hydrogens is 316 g/mol. The monoisotopic (exact) mass is 334 g/mol. The quantitative estimate of drug-likeness (QED) is 0.304. The van der Waals surface area contributed by atoms with E-state index in [1.165, 1.54) is 12.2 Å². The summed E-state index contributed by atoms with van der Waals surface area (Å²) in [5, 5.41) is 30.2. The smallest absolute Gasteiger partial charge is 0.269 e. The lowest BCUT2D eigenvalue weighted by Crippen LogP contribution is -2.01. The zero-order chi connectivity index (χ0) is 17.9. The molecular formula is C16H18N2O6. The highest BCUT2D eigenvalue weighted by Crippen LogP contribution is 2.21. The minimum Gasteiger partial charge on any atom is -0.494 e. The summed E-state index contributed by atoms with van der Waals surface area (Å²) in [6.45, 7) is 3.31. The Bertz CT molecular complexity index is 649. The number of nitrogens with zero attached hydrogens (tertiary/aromatic N) is 2. The molecule has 0 radical (unpaired) electrons. The molecule has 0 amide bonds. The normalized spacial score (nSPS) is 11.9. The number of benzene rings is 1. The van der Waals surface area contributed by atoms with Crippen molar-refractivity contribution in [3.8, 4) is 5.75 Å². The molecule has 1 aromatic rings. The maximum absolute atomic E-state index is 10.9. The third kappa shape index (κ3) is 6.41. The third-order valence-corrected chi connectivity index (χ3v) is 2.94. The van der Waals surface area contributed by atoms with E-state index in [1.807, 2.05) is 0 Å². The van der Waals surface area contributed by atoms with Gasteiger partial charge in [0, 0.05) is 30.1 Å². The molecule has 0 atom stereocenters. The van der Waals surface area contributed by atoms with Crippen LogP contribution >= 0.6 is 0 Å². The van der Waals surface area contributed by atoms with E-state index in [-0.39, 0.29) is 12.3 Å². The predicted molar refractivity (Wildman–Crippen MR) is 88.8 cm³/mol. The SMILES string of the molecule is C=C/C(=C\C(=C/C[N+](=O)[O-])c1ccc(OCCCO)cc1)[N+](=O)[O-]. The van der Waals surface area contributed by atoms with Gasteiger partial charge in [-0.2, -0.15) is 0 Å². The molecule has 0 saturated heterocycles. The molecule has 24 heavy (non-hydrogen) atoms. The van der Waals surface area contributed by atoms with Gasteiger partial charge in [-0.15, -0.1) is 0 Å². The lowest BCUT2D eigenvalue weighted by molar-refractivity contribution is -0.468. The minimum absolute atomic E-state index is 0.0296. The number of hydrogen-bond donors (Lipinski definition) is 1. The van der Waals surface area contributed by atoms with Crippen molar-refractivity contribution in [3.63, 3.8) is 0 Å². The molecule has 128 valence electrons. The highest BCUT2D eigenvalue weighted by atomic mass is 16.6. The Morgan fingerprint density at radius 1 is 1.25 bits per heavy atom. The Labute approximate surface area is 138 Å². The van der Waals surface area contributed by atoms with Crippen LogP contribution < -0.4 is 4.74 Å². The van der Waals surface area contributed by atoms with Gasteiger partial charge in [-0.3, -0.25) is 20.2 Å². The second-order valence-electron chi connectivity index (χ2n) is 4.66. The molecule has 0 heterocycles. The van der Waals surface area contributed by atoms with Crippen molar-refractivity contribution in [2.45, 2.75) is 6.42 Å². The van der Waals surface area contributed by atoms with Crippen molar-refractivity contribution in [3.05, 3.63) is 80.6 Å². The molecule has 0 aliphatic rings. The number of aliphatic hydroxyl groups is 1. The van der Waals surface area contributed by atoms with Crippen molar-refractivity contribution < 1.29 is 19.7 Å². The molecule has 1 N–H and O–H groups in total. The van der Waals surface area contributed by atoms with Gasteiger partial charge in [0.25, 0.3) is 5.70 Å². The van der Waals surface area contributed by atoms with Crippen molar-refractivity contribution >= 4 is 5.57 Å². The summed E-state index contributed by atoms with van der Waals surface area (Å²) in [5.41, 5.74) is 0.667. The summed E-state index contributed by atoms with van der Waals surface area (Å²) in [6.07, 6.45) is 4.11. The lowest BCUT2D eigenvalue weighted by atomic mass is 10.0. The van der Waals surface area contributed by atoms with Crippen LogP contribution in [0.1, 0.15) is 12.0 Å². The first kappa shape index (κ1) is 19.0. The molecule has 0 bridgehead atoms. The molecule has 1 aromatic carbocycles. The fourth-order valence-electron chi connectivity index (χ4n) is 1.78. The van der Waals surface area contributed by atoms with Gasteiger partial charge in [0.1, 0.15) is 5.75 Å². The van der Waals surface area contributed by atoms with Crippen LogP contribution in [0.2, 0.25) is 0 Å². The second-order valence-corrected chi connectivity index (χ2v) is 4.66. The van der Waals surface area contributed by atoms with Crippen molar-refractivity contribution in [1.82, 2.24) is 0 Å². The van der Waals surface area contributed by atoms with Gasteiger partial charge in [-0.25, -0.2) is 0 Å². The highest BCUT2D eigenvalue weighted by molar-refractivity contribution is 5.75. The van der Waals surface area contributed by atoms with E-state index in [9.17, 15) is 20.2 Å². The fourth-order valence-corrected chi connectivity index (χ4v) is 1.78. The Morgan fingerprint density at radius 2 is 1.92 bits per heavy atom. The molecule has 0 fully saturated rings. The van der Waals surface area contributed by atoms with Crippen LogP contribution in [0.15, 0.2) is 54.8 Å². The number of hydrogen-bond acceptors (Lipinski definition) is 6. The topological polar surface area (TPSA) is 116 Å². The average molecular weight is 334 g/mol. The molecule has 8 nitrogen and oxygen atoms in total. The maximum Gasteiger partial charge on any atom is 0.269 e. The molecule has 0 aliphatic carbocycles. The van der Waals surface area contributed by atoms with Crippen molar-refractivity contribution in [1.29, 1.82) is 0 Å². The van der Waals surface area contributed by atoms with Gasteiger partial charge < -0.3 is 9.84 Å². The Kier molecular flexibility index (Phi) is 7.86. The summed E-state index contributed by atoms with van der Waals surface area (Å²) >= 11 is 0. The summed E-state index contributed by atoms with van der Waals surface area (Å²) in [4.78, 5) is 20.3. The van der Waals surface area contributed by atoms with E-state index in [2.05, 4.69) is 6.58 Å². The van der Waals surface area contributed by atoms with Gasteiger partial charge in [0.15, 0.2) is 0 Å². The van der Waals surface area contributed by atoms with E-state index in [4.69, 9.17) is 9.84 Å². The van der Waals surface area contributed by atoms with Gasteiger partial charge in [-0.05, 0) is 29.3 Å². The molecule has 8 heteroatoms. The zero-order valence-corrected chi connectivity index (χ0v) is 13.0. The Balaban J connectivity index is 3.06. The Morgan fingerprint density at radius 3 is 2.42 bits per heavy atom. The summed E-state index contributed by atoms with van der Waals surface area (Å²) in [6, 6.07) is 6.61. The first-order valence-electron chi connectivity index (χ1n) is 7.12. The van der Waals surface area contributed by atoms with Gasteiger partial charge in [-0.1, -0.05) is 18.7 Å². The lowest BCUT2D eigenvalue weighted by Gasteiger charge is -2.07. The zero-order valence-electron chi connectivity index (χ0n) is 13.0. The van der Waals surface area contributed by atoms with E-state index in [0.717, 1.165) is 6.08 Å². The van der Waals surface area contributed by atoms with Crippen LogP contribution in [-0.2, 0) is 0 Å². The number of allylic oxidation sites excluding steroid dienone is 3. The summed E-state index contributed by atoms with van der Waals surface area (Å²) < 4.78 is 5.39.